The summed E-state index contributed by atoms with van der Waals surface area (Å²) in [6, 6.07) is 6.78. The van der Waals surface area contributed by atoms with Crippen LogP contribution < -0.4 is 10.6 Å². The number of urea groups is 1. The fourth-order valence-corrected chi connectivity index (χ4v) is 6.23. The van der Waals surface area contributed by atoms with Crippen molar-refractivity contribution < 1.29 is 19.2 Å². The topological polar surface area (TPSA) is 98.8 Å². The average Bonchev–Trinajstić information content (AvgIpc) is 3.40. The molecule has 9 heteroatoms. The average molecular weight is 495 g/mol. The zero-order chi connectivity index (χ0) is 24.7. The van der Waals surface area contributed by atoms with Gasteiger partial charge < -0.3 is 15.5 Å². The first kappa shape index (κ1) is 23.5. The van der Waals surface area contributed by atoms with Gasteiger partial charge in [0.15, 0.2) is 0 Å². The number of thiophene rings is 1. The highest BCUT2D eigenvalue weighted by molar-refractivity contribution is 7.10. The molecule has 1 aromatic heterocycles. The van der Waals surface area contributed by atoms with Gasteiger partial charge in [-0.15, -0.1) is 11.3 Å². The highest BCUT2D eigenvalue weighted by atomic mass is 32.1. The van der Waals surface area contributed by atoms with Crippen molar-refractivity contribution in [2.75, 3.05) is 18.4 Å². The fourth-order valence-electron chi connectivity index (χ4n) is 5.34. The van der Waals surface area contributed by atoms with Crippen molar-refractivity contribution in [1.29, 1.82) is 0 Å². The second kappa shape index (κ2) is 9.11. The molecule has 1 spiro atoms. The Hall–Kier alpha value is -3.20. The number of carbonyl (C=O) groups excluding carboxylic acids is 4. The van der Waals surface area contributed by atoms with E-state index >= 15 is 0 Å². The Labute approximate surface area is 208 Å². The molecule has 1 saturated heterocycles. The molecule has 5 amide bonds. The molecule has 0 bridgehead atoms. The van der Waals surface area contributed by atoms with Crippen LogP contribution in [0.25, 0.3) is 0 Å². The molecule has 35 heavy (non-hydrogen) atoms. The Morgan fingerprint density at radius 2 is 1.97 bits per heavy atom. The maximum absolute atomic E-state index is 13.3. The zero-order valence-corrected chi connectivity index (χ0v) is 20.9. The van der Waals surface area contributed by atoms with E-state index in [-0.39, 0.29) is 18.4 Å². The van der Waals surface area contributed by atoms with Gasteiger partial charge in [0.1, 0.15) is 12.1 Å². The van der Waals surface area contributed by atoms with Gasteiger partial charge in [-0.05, 0) is 79.7 Å². The summed E-state index contributed by atoms with van der Waals surface area (Å²) in [5.41, 5.74) is 2.02. The molecule has 1 saturated carbocycles. The first-order valence-electron chi connectivity index (χ1n) is 12.2. The van der Waals surface area contributed by atoms with Gasteiger partial charge in [0.25, 0.3) is 11.8 Å². The number of hydrogen-bond donors (Lipinski definition) is 2. The van der Waals surface area contributed by atoms with Gasteiger partial charge in [-0.25, -0.2) is 4.79 Å². The van der Waals surface area contributed by atoms with Gasteiger partial charge in [0.05, 0.1) is 0 Å². The smallest absolute Gasteiger partial charge is 0.325 e. The minimum atomic E-state index is -0.872. The summed E-state index contributed by atoms with van der Waals surface area (Å²) in [5, 5.41) is 7.71. The Kier molecular flexibility index (Phi) is 6.13. The van der Waals surface area contributed by atoms with Gasteiger partial charge in [-0.3, -0.25) is 19.3 Å². The standard InChI is InChI=1S/C26H30N4O4S/c1-16-6-10-26(11-7-16)24(33)30(25(34)28-26)15-22(31)27-20-5-3-4-19(17(20)2)23(32)29-12-8-21-18(14-29)9-13-35-21/h3-5,9,13,16H,6-8,10-12,14-15H2,1-2H3,(H,27,31)(H,28,34). The summed E-state index contributed by atoms with van der Waals surface area (Å²) in [4.78, 5) is 55.9. The minimum absolute atomic E-state index is 0.0713. The lowest BCUT2D eigenvalue weighted by atomic mass is 9.77. The lowest BCUT2D eigenvalue weighted by Crippen LogP contribution is -2.49. The van der Waals surface area contributed by atoms with Crippen molar-refractivity contribution in [3.63, 3.8) is 0 Å². The first-order chi connectivity index (χ1) is 16.8. The van der Waals surface area contributed by atoms with E-state index in [1.807, 2.05) is 4.90 Å². The highest BCUT2D eigenvalue weighted by Crippen LogP contribution is 2.36. The molecule has 8 nitrogen and oxygen atoms in total. The summed E-state index contributed by atoms with van der Waals surface area (Å²) in [5.74, 6) is -0.331. The Balaban J connectivity index is 1.26. The monoisotopic (exact) mass is 494 g/mol. The number of nitrogens with zero attached hydrogens (tertiary/aromatic N) is 2. The maximum Gasteiger partial charge on any atom is 0.325 e. The van der Waals surface area contributed by atoms with Crippen LogP contribution in [-0.4, -0.2) is 52.2 Å². The third-order valence-electron chi connectivity index (χ3n) is 7.61. The Bertz CT molecular complexity index is 1200. The van der Waals surface area contributed by atoms with E-state index < -0.39 is 17.5 Å². The normalized spacial score (nSPS) is 23.9. The number of fused-ring (bicyclic) bond motifs is 1. The van der Waals surface area contributed by atoms with Gasteiger partial charge in [0.2, 0.25) is 5.91 Å². The molecule has 2 fully saturated rings. The lowest BCUT2D eigenvalue weighted by Gasteiger charge is -2.33. The van der Waals surface area contributed by atoms with Crippen LogP contribution in [0.3, 0.4) is 0 Å². The van der Waals surface area contributed by atoms with E-state index in [0.717, 1.165) is 24.2 Å². The van der Waals surface area contributed by atoms with E-state index in [1.165, 1.54) is 10.4 Å². The second-order valence-electron chi connectivity index (χ2n) is 9.96. The number of amides is 5. The quantitative estimate of drug-likeness (QED) is 0.634. The fraction of sp³-hybridized carbons (Fsp3) is 0.462. The molecule has 2 N–H and O–H groups in total. The summed E-state index contributed by atoms with van der Waals surface area (Å²) < 4.78 is 0. The molecular weight excluding hydrogens is 464 g/mol. The van der Waals surface area contributed by atoms with E-state index in [0.29, 0.717) is 48.7 Å². The summed E-state index contributed by atoms with van der Waals surface area (Å²) in [7, 11) is 0. The van der Waals surface area contributed by atoms with Crippen molar-refractivity contribution in [1.82, 2.24) is 15.1 Å². The van der Waals surface area contributed by atoms with Crippen LogP contribution in [0, 0.1) is 12.8 Å². The SMILES string of the molecule is Cc1c(NC(=O)CN2C(=O)NC3(CCC(C)CC3)C2=O)cccc1C(=O)N1CCc2sccc2C1. The molecule has 3 aliphatic rings. The number of rotatable bonds is 4. The molecule has 0 radical (unpaired) electrons. The van der Waals surface area contributed by atoms with Crippen LogP contribution >= 0.6 is 11.3 Å². The molecule has 2 aromatic rings. The number of nitrogens with one attached hydrogen (secondary N) is 2. The summed E-state index contributed by atoms with van der Waals surface area (Å²) in [6.45, 7) is 4.84. The number of imide groups is 1. The Morgan fingerprint density at radius 3 is 2.74 bits per heavy atom. The number of hydrogen-bond acceptors (Lipinski definition) is 5. The van der Waals surface area contributed by atoms with Gasteiger partial charge >= 0.3 is 6.03 Å². The number of anilines is 1. The molecule has 1 aliphatic carbocycles. The molecule has 5 rings (SSSR count). The summed E-state index contributed by atoms with van der Waals surface area (Å²) in [6.07, 6.45) is 3.79. The van der Waals surface area contributed by atoms with Crippen LogP contribution in [0.5, 0.6) is 0 Å². The first-order valence-corrected chi connectivity index (χ1v) is 13.0. The molecule has 0 atom stereocenters. The molecule has 3 heterocycles. The van der Waals surface area contributed by atoms with Crippen LogP contribution in [0.2, 0.25) is 0 Å². The molecule has 2 aliphatic heterocycles. The zero-order valence-electron chi connectivity index (χ0n) is 20.1. The van der Waals surface area contributed by atoms with Crippen molar-refractivity contribution in [2.24, 2.45) is 5.92 Å². The van der Waals surface area contributed by atoms with Crippen LogP contribution in [0.15, 0.2) is 29.6 Å². The number of carbonyl (C=O) groups is 4. The molecule has 184 valence electrons. The largest absolute Gasteiger partial charge is 0.334 e. The van der Waals surface area contributed by atoms with Crippen LogP contribution in [-0.2, 0) is 22.6 Å². The molecular formula is C26H30N4O4S. The Morgan fingerprint density at radius 1 is 1.20 bits per heavy atom. The third kappa shape index (κ3) is 4.33. The van der Waals surface area contributed by atoms with Gasteiger partial charge in [0, 0.05) is 29.2 Å². The lowest BCUT2D eigenvalue weighted by molar-refractivity contribution is -0.135. The van der Waals surface area contributed by atoms with Crippen molar-refractivity contribution >= 4 is 40.8 Å². The predicted octanol–water partition coefficient (Wildman–Crippen LogP) is 3.69. The van der Waals surface area contributed by atoms with Crippen molar-refractivity contribution in [3.8, 4) is 0 Å². The molecule has 0 unspecified atom stereocenters. The van der Waals surface area contributed by atoms with E-state index in [4.69, 9.17) is 0 Å². The van der Waals surface area contributed by atoms with E-state index in [9.17, 15) is 19.2 Å². The predicted molar refractivity (Wildman–Crippen MR) is 133 cm³/mol. The van der Waals surface area contributed by atoms with E-state index in [2.05, 4.69) is 29.0 Å². The summed E-state index contributed by atoms with van der Waals surface area (Å²) >= 11 is 1.73. The van der Waals surface area contributed by atoms with Crippen molar-refractivity contribution in [3.05, 3.63) is 51.2 Å². The third-order valence-corrected chi connectivity index (χ3v) is 8.63. The molecule has 1 aromatic carbocycles. The second-order valence-corrected chi connectivity index (χ2v) is 11.0. The van der Waals surface area contributed by atoms with Crippen LogP contribution in [0.4, 0.5) is 10.5 Å². The van der Waals surface area contributed by atoms with Crippen LogP contribution in [0.1, 0.15) is 59.0 Å². The van der Waals surface area contributed by atoms with Gasteiger partial charge in [-0.2, -0.15) is 0 Å². The minimum Gasteiger partial charge on any atom is -0.334 e. The van der Waals surface area contributed by atoms with Crippen molar-refractivity contribution in [2.45, 2.75) is 58.0 Å². The highest BCUT2D eigenvalue weighted by Gasteiger charge is 2.52. The number of benzene rings is 1. The van der Waals surface area contributed by atoms with Gasteiger partial charge in [-0.1, -0.05) is 13.0 Å². The van der Waals surface area contributed by atoms with E-state index in [1.54, 1.807) is 36.5 Å². The maximum atomic E-state index is 13.3.